The van der Waals surface area contributed by atoms with Crippen molar-refractivity contribution < 1.29 is 4.39 Å². The van der Waals surface area contributed by atoms with Crippen molar-refractivity contribution in [3.05, 3.63) is 35.6 Å². The lowest BCUT2D eigenvalue weighted by molar-refractivity contribution is 0.333. The number of nitrogens with one attached hydrogen (secondary N) is 1. The maximum atomic E-state index is 13.2. The monoisotopic (exact) mass is 208 g/mol. The molecule has 0 saturated carbocycles. The topological polar surface area (TPSA) is 15.3 Å². The first-order chi connectivity index (χ1) is 7.16. The average molecular weight is 208 g/mol. The van der Waals surface area contributed by atoms with Crippen LogP contribution in [-0.2, 0) is 5.54 Å². The van der Waals surface area contributed by atoms with Gasteiger partial charge in [0.25, 0.3) is 0 Å². The summed E-state index contributed by atoms with van der Waals surface area (Å²) >= 11 is 0. The predicted molar refractivity (Wildman–Crippen MR) is 59.3 cm³/mol. The molecule has 1 aromatic carbocycles. The fraction of sp³-hybridized carbons (Fsp3) is 0.500. The van der Waals surface area contributed by atoms with E-state index < -0.39 is 0 Å². The maximum absolute atomic E-state index is 13.2. The zero-order valence-corrected chi connectivity index (χ0v) is 9.26. The van der Waals surface area contributed by atoms with Crippen LogP contribution in [0.4, 0.5) is 4.39 Å². The van der Waals surface area contributed by atoms with E-state index in [0.29, 0.717) is 0 Å². The number of hydrogen-bond donors (Lipinski definition) is 1. The van der Waals surface area contributed by atoms with E-state index in [2.05, 4.69) is 17.3 Å². The molecule has 0 bridgehead atoms. The number of halogens is 1. The first-order valence-corrected chi connectivity index (χ1v) is 5.30. The highest BCUT2D eigenvalue weighted by Crippen LogP contribution is 2.31. The Morgan fingerprint density at radius 2 is 2.27 bits per heavy atom. The molecule has 0 aliphatic carbocycles. The molecule has 0 spiro atoms. The third-order valence-electron chi connectivity index (χ3n) is 3.32. The summed E-state index contributed by atoms with van der Waals surface area (Å²) in [6, 6.07) is 6.90. The van der Waals surface area contributed by atoms with Crippen LogP contribution in [0.15, 0.2) is 24.3 Å². The molecule has 1 fully saturated rings. The molecule has 1 heterocycles. The SMILES string of the molecule is CNC1(c2cccc(F)c2)CCN(C)C1. The average Bonchev–Trinajstić information content (AvgIpc) is 2.61. The molecule has 15 heavy (non-hydrogen) atoms. The Labute approximate surface area is 90.1 Å². The summed E-state index contributed by atoms with van der Waals surface area (Å²) in [6.07, 6.45) is 1.03. The van der Waals surface area contributed by atoms with Gasteiger partial charge in [0.15, 0.2) is 0 Å². The second-order valence-corrected chi connectivity index (χ2v) is 4.33. The Morgan fingerprint density at radius 3 is 2.80 bits per heavy atom. The van der Waals surface area contributed by atoms with Gasteiger partial charge in [-0.05, 0) is 38.2 Å². The summed E-state index contributed by atoms with van der Waals surface area (Å²) in [4.78, 5) is 2.27. The smallest absolute Gasteiger partial charge is 0.123 e. The van der Waals surface area contributed by atoms with Gasteiger partial charge in [-0.15, -0.1) is 0 Å². The van der Waals surface area contributed by atoms with Gasteiger partial charge in [0, 0.05) is 13.1 Å². The van der Waals surface area contributed by atoms with Gasteiger partial charge in [-0.2, -0.15) is 0 Å². The Kier molecular flexibility index (Phi) is 2.76. The highest BCUT2D eigenvalue weighted by molar-refractivity contribution is 5.27. The molecule has 1 atom stereocenters. The van der Waals surface area contributed by atoms with E-state index >= 15 is 0 Å². The van der Waals surface area contributed by atoms with Crippen LogP contribution in [0.3, 0.4) is 0 Å². The van der Waals surface area contributed by atoms with E-state index in [0.717, 1.165) is 25.1 Å². The minimum atomic E-state index is -0.156. The van der Waals surface area contributed by atoms with E-state index in [-0.39, 0.29) is 11.4 Å². The van der Waals surface area contributed by atoms with Crippen LogP contribution in [0.25, 0.3) is 0 Å². The molecule has 1 N–H and O–H groups in total. The van der Waals surface area contributed by atoms with Crippen LogP contribution >= 0.6 is 0 Å². The standard InChI is InChI=1S/C12H17FN2/c1-14-12(6-7-15(2)9-12)10-4-3-5-11(13)8-10/h3-5,8,14H,6-7,9H2,1-2H3. The van der Waals surface area contributed by atoms with Gasteiger partial charge < -0.3 is 10.2 Å². The lowest BCUT2D eigenvalue weighted by Gasteiger charge is -2.29. The van der Waals surface area contributed by atoms with Crippen molar-refractivity contribution in [2.24, 2.45) is 0 Å². The fourth-order valence-electron chi connectivity index (χ4n) is 2.37. The maximum Gasteiger partial charge on any atom is 0.123 e. The summed E-state index contributed by atoms with van der Waals surface area (Å²) in [6.45, 7) is 1.99. The molecule has 2 rings (SSSR count). The normalized spacial score (nSPS) is 27.1. The molecule has 1 aliphatic heterocycles. The number of likely N-dealkylation sites (N-methyl/N-ethyl adjacent to an activating group) is 2. The zero-order chi connectivity index (χ0) is 10.9. The highest BCUT2D eigenvalue weighted by atomic mass is 19.1. The molecule has 0 radical (unpaired) electrons. The van der Waals surface area contributed by atoms with Crippen molar-refractivity contribution in [1.82, 2.24) is 10.2 Å². The largest absolute Gasteiger partial charge is 0.309 e. The van der Waals surface area contributed by atoms with Crippen molar-refractivity contribution in [1.29, 1.82) is 0 Å². The molecule has 1 aromatic rings. The van der Waals surface area contributed by atoms with Crippen molar-refractivity contribution in [2.75, 3.05) is 27.2 Å². The molecular weight excluding hydrogens is 191 g/mol. The quantitative estimate of drug-likeness (QED) is 0.793. The van der Waals surface area contributed by atoms with Crippen LogP contribution in [0, 0.1) is 5.82 Å². The van der Waals surface area contributed by atoms with Crippen molar-refractivity contribution in [3.8, 4) is 0 Å². The summed E-state index contributed by atoms with van der Waals surface area (Å²) in [5, 5.41) is 3.34. The molecule has 0 aromatic heterocycles. The van der Waals surface area contributed by atoms with Crippen LogP contribution in [-0.4, -0.2) is 32.1 Å². The van der Waals surface area contributed by atoms with Gasteiger partial charge >= 0.3 is 0 Å². The van der Waals surface area contributed by atoms with Gasteiger partial charge in [0.2, 0.25) is 0 Å². The summed E-state index contributed by atoms with van der Waals surface area (Å²) in [5.74, 6) is -0.156. The van der Waals surface area contributed by atoms with Crippen molar-refractivity contribution in [3.63, 3.8) is 0 Å². The van der Waals surface area contributed by atoms with Crippen LogP contribution in [0.1, 0.15) is 12.0 Å². The van der Waals surface area contributed by atoms with Gasteiger partial charge in [-0.3, -0.25) is 0 Å². The second kappa shape index (κ2) is 3.91. The van der Waals surface area contributed by atoms with E-state index in [1.54, 1.807) is 12.1 Å². The van der Waals surface area contributed by atoms with Crippen molar-refractivity contribution >= 4 is 0 Å². The first kappa shape index (κ1) is 10.6. The number of hydrogen-bond acceptors (Lipinski definition) is 2. The molecule has 3 heteroatoms. The summed E-state index contributed by atoms with van der Waals surface area (Å²) in [7, 11) is 4.04. The van der Waals surface area contributed by atoms with Gasteiger partial charge in [-0.1, -0.05) is 12.1 Å². The summed E-state index contributed by atoms with van der Waals surface area (Å²) in [5.41, 5.74) is 0.978. The number of likely N-dealkylation sites (tertiary alicyclic amines) is 1. The lowest BCUT2D eigenvalue weighted by Crippen LogP contribution is -2.42. The summed E-state index contributed by atoms with van der Waals surface area (Å²) < 4.78 is 13.2. The number of benzene rings is 1. The van der Waals surface area contributed by atoms with Gasteiger partial charge in [0.1, 0.15) is 5.82 Å². The van der Waals surface area contributed by atoms with E-state index in [1.165, 1.54) is 6.07 Å². The van der Waals surface area contributed by atoms with Gasteiger partial charge in [0.05, 0.1) is 5.54 Å². The molecule has 82 valence electrons. The van der Waals surface area contributed by atoms with Crippen molar-refractivity contribution in [2.45, 2.75) is 12.0 Å². The van der Waals surface area contributed by atoms with Crippen LogP contribution in [0.2, 0.25) is 0 Å². The Bertz CT molecular complexity index is 353. The third-order valence-corrected chi connectivity index (χ3v) is 3.32. The second-order valence-electron chi connectivity index (χ2n) is 4.33. The van der Waals surface area contributed by atoms with Gasteiger partial charge in [-0.25, -0.2) is 4.39 Å². The molecule has 2 nitrogen and oxygen atoms in total. The molecule has 0 amide bonds. The Hall–Kier alpha value is -0.930. The highest BCUT2D eigenvalue weighted by Gasteiger charge is 2.36. The van der Waals surface area contributed by atoms with E-state index in [1.807, 2.05) is 13.1 Å². The third kappa shape index (κ3) is 1.90. The predicted octanol–water partition coefficient (Wildman–Crippen LogP) is 1.58. The number of nitrogens with zero attached hydrogens (tertiary/aromatic N) is 1. The molecule has 1 aliphatic rings. The first-order valence-electron chi connectivity index (χ1n) is 5.30. The minimum Gasteiger partial charge on any atom is -0.309 e. The lowest BCUT2D eigenvalue weighted by atomic mass is 9.89. The van der Waals surface area contributed by atoms with Crippen LogP contribution < -0.4 is 5.32 Å². The van der Waals surface area contributed by atoms with E-state index in [9.17, 15) is 4.39 Å². The van der Waals surface area contributed by atoms with E-state index in [4.69, 9.17) is 0 Å². The fourth-order valence-corrected chi connectivity index (χ4v) is 2.37. The van der Waals surface area contributed by atoms with Crippen LogP contribution in [0.5, 0.6) is 0 Å². The zero-order valence-electron chi connectivity index (χ0n) is 9.26. The molecule has 1 unspecified atom stereocenters. The molecule has 1 saturated heterocycles. The Balaban J connectivity index is 2.34. The Morgan fingerprint density at radius 1 is 1.47 bits per heavy atom. The molecular formula is C12H17FN2. The number of rotatable bonds is 2. The minimum absolute atomic E-state index is 0.0726.